The maximum absolute atomic E-state index is 5.77. The van der Waals surface area contributed by atoms with Crippen LogP contribution < -0.4 is 5.73 Å². The Hall–Kier alpha value is -0.570. The van der Waals surface area contributed by atoms with Crippen LogP contribution in [0.3, 0.4) is 0 Å². The Morgan fingerprint density at radius 3 is 2.28 bits per heavy atom. The molecule has 0 radical (unpaired) electrons. The summed E-state index contributed by atoms with van der Waals surface area (Å²) >= 11 is 0. The smallest absolute Gasteiger partial charge is 0.105 e. The lowest BCUT2D eigenvalue weighted by Gasteiger charge is -2.57. The first kappa shape index (κ1) is 11.3. The molecule has 1 heterocycles. The van der Waals surface area contributed by atoms with Gasteiger partial charge in [0.2, 0.25) is 0 Å². The standard InChI is InChI=1S/C15H25N3/c16-1-3-18-4-2-17-14(18)15-8-11-5-12(9-15)7-13(6-11)10-15/h11-13H,1-10,16H2. The zero-order valence-electron chi connectivity index (χ0n) is 11.3. The molecule has 0 amide bonds. The number of hydrogen-bond donors (Lipinski definition) is 1. The molecular formula is C15H25N3. The van der Waals surface area contributed by atoms with Crippen molar-refractivity contribution in [3.63, 3.8) is 0 Å². The van der Waals surface area contributed by atoms with Crippen molar-refractivity contribution >= 4 is 5.84 Å². The molecule has 5 rings (SSSR count). The molecule has 3 heteroatoms. The maximum Gasteiger partial charge on any atom is 0.105 e. The molecule has 5 aliphatic rings. The van der Waals surface area contributed by atoms with Gasteiger partial charge in [0, 0.05) is 25.0 Å². The Labute approximate surface area is 110 Å². The average Bonchev–Trinajstić information content (AvgIpc) is 2.76. The van der Waals surface area contributed by atoms with E-state index in [4.69, 9.17) is 10.7 Å². The minimum absolute atomic E-state index is 0.473. The van der Waals surface area contributed by atoms with E-state index in [0.717, 1.165) is 43.9 Å². The largest absolute Gasteiger partial charge is 0.357 e. The second-order valence-corrected chi connectivity index (χ2v) is 7.18. The molecule has 0 unspecified atom stereocenters. The van der Waals surface area contributed by atoms with Crippen LogP contribution in [0.1, 0.15) is 38.5 Å². The molecule has 100 valence electrons. The number of nitrogens with two attached hydrogens (primary N) is 1. The molecule has 0 aromatic heterocycles. The van der Waals surface area contributed by atoms with E-state index in [-0.39, 0.29) is 0 Å². The summed E-state index contributed by atoms with van der Waals surface area (Å²) in [5.74, 6) is 4.50. The highest BCUT2D eigenvalue weighted by Gasteiger charge is 2.54. The molecule has 4 aliphatic carbocycles. The highest BCUT2D eigenvalue weighted by Crippen LogP contribution is 2.61. The van der Waals surface area contributed by atoms with Crippen LogP contribution in [-0.2, 0) is 0 Å². The SMILES string of the molecule is NCCN1CCN=C1C12CC3CC(CC(C3)C1)C2. The molecule has 0 saturated heterocycles. The molecule has 3 nitrogen and oxygen atoms in total. The monoisotopic (exact) mass is 247 g/mol. The number of hydrogen-bond acceptors (Lipinski definition) is 3. The molecular weight excluding hydrogens is 222 g/mol. The van der Waals surface area contributed by atoms with Crippen LogP contribution in [0.25, 0.3) is 0 Å². The van der Waals surface area contributed by atoms with E-state index in [2.05, 4.69) is 4.90 Å². The Balaban J connectivity index is 1.63. The van der Waals surface area contributed by atoms with Crippen LogP contribution in [0.15, 0.2) is 4.99 Å². The van der Waals surface area contributed by atoms with Crippen LogP contribution in [0.4, 0.5) is 0 Å². The summed E-state index contributed by atoms with van der Waals surface area (Å²) in [6.45, 7) is 3.91. The average molecular weight is 247 g/mol. The van der Waals surface area contributed by atoms with Crippen molar-refractivity contribution in [1.29, 1.82) is 0 Å². The van der Waals surface area contributed by atoms with Crippen molar-refractivity contribution in [2.75, 3.05) is 26.2 Å². The van der Waals surface area contributed by atoms with E-state index < -0.39 is 0 Å². The number of amidine groups is 1. The van der Waals surface area contributed by atoms with Gasteiger partial charge < -0.3 is 10.6 Å². The van der Waals surface area contributed by atoms with Crippen molar-refractivity contribution in [3.8, 4) is 0 Å². The minimum atomic E-state index is 0.473. The maximum atomic E-state index is 5.77. The van der Waals surface area contributed by atoms with Gasteiger partial charge in [-0.05, 0) is 56.3 Å². The normalized spacial score (nSPS) is 45.7. The van der Waals surface area contributed by atoms with E-state index in [1.54, 1.807) is 0 Å². The van der Waals surface area contributed by atoms with Gasteiger partial charge in [0.25, 0.3) is 0 Å². The van der Waals surface area contributed by atoms with Gasteiger partial charge in [-0.3, -0.25) is 4.99 Å². The van der Waals surface area contributed by atoms with Gasteiger partial charge in [0.15, 0.2) is 0 Å². The summed E-state index contributed by atoms with van der Waals surface area (Å²) in [5, 5.41) is 0. The Morgan fingerprint density at radius 2 is 1.72 bits per heavy atom. The second kappa shape index (κ2) is 3.96. The number of nitrogens with zero attached hydrogens (tertiary/aromatic N) is 2. The highest BCUT2D eigenvalue weighted by atomic mass is 15.3. The van der Waals surface area contributed by atoms with Crippen LogP contribution in [0.5, 0.6) is 0 Å². The van der Waals surface area contributed by atoms with Crippen LogP contribution in [0, 0.1) is 23.2 Å². The quantitative estimate of drug-likeness (QED) is 0.827. The third-order valence-electron chi connectivity index (χ3n) is 5.84. The zero-order chi connectivity index (χ0) is 12.2. The van der Waals surface area contributed by atoms with Gasteiger partial charge in [-0.2, -0.15) is 0 Å². The Morgan fingerprint density at radius 1 is 1.11 bits per heavy atom. The topological polar surface area (TPSA) is 41.6 Å². The fraction of sp³-hybridized carbons (Fsp3) is 0.933. The molecule has 1 aliphatic heterocycles. The van der Waals surface area contributed by atoms with Crippen molar-refractivity contribution in [3.05, 3.63) is 0 Å². The summed E-state index contributed by atoms with van der Waals surface area (Å²) in [6, 6.07) is 0. The summed E-state index contributed by atoms with van der Waals surface area (Å²) in [5.41, 5.74) is 6.24. The first-order valence-electron chi connectivity index (χ1n) is 7.79. The predicted molar refractivity (Wildman–Crippen MR) is 73.5 cm³/mol. The zero-order valence-corrected chi connectivity index (χ0v) is 11.3. The minimum Gasteiger partial charge on any atom is -0.357 e. The van der Waals surface area contributed by atoms with Crippen molar-refractivity contribution in [1.82, 2.24) is 4.90 Å². The van der Waals surface area contributed by atoms with E-state index in [1.165, 1.54) is 44.4 Å². The Kier molecular flexibility index (Phi) is 2.48. The van der Waals surface area contributed by atoms with E-state index >= 15 is 0 Å². The van der Waals surface area contributed by atoms with Crippen LogP contribution >= 0.6 is 0 Å². The molecule has 4 saturated carbocycles. The number of rotatable bonds is 3. The molecule has 2 N–H and O–H groups in total. The summed E-state index contributed by atoms with van der Waals surface area (Å²) in [4.78, 5) is 7.42. The van der Waals surface area contributed by atoms with Gasteiger partial charge in [-0.15, -0.1) is 0 Å². The van der Waals surface area contributed by atoms with Crippen molar-refractivity contribution in [2.45, 2.75) is 38.5 Å². The summed E-state index contributed by atoms with van der Waals surface area (Å²) < 4.78 is 0. The lowest BCUT2D eigenvalue weighted by atomic mass is 9.49. The highest BCUT2D eigenvalue weighted by molar-refractivity contribution is 5.90. The molecule has 4 fully saturated rings. The van der Waals surface area contributed by atoms with Crippen molar-refractivity contribution in [2.24, 2.45) is 33.9 Å². The fourth-order valence-electron chi connectivity index (χ4n) is 5.74. The molecule has 0 aromatic rings. The third-order valence-corrected chi connectivity index (χ3v) is 5.84. The van der Waals surface area contributed by atoms with Gasteiger partial charge in [-0.1, -0.05) is 0 Å². The Bertz CT molecular complexity index is 339. The lowest BCUT2D eigenvalue weighted by Crippen LogP contribution is -2.54. The molecule has 4 bridgehead atoms. The predicted octanol–water partition coefficient (Wildman–Crippen LogP) is 1.88. The van der Waals surface area contributed by atoms with Crippen LogP contribution in [-0.4, -0.2) is 36.9 Å². The first-order chi connectivity index (χ1) is 8.79. The molecule has 18 heavy (non-hydrogen) atoms. The fourth-order valence-corrected chi connectivity index (χ4v) is 5.74. The first-order valence-corrected chi connectivity index (χ1v) is 7.79. The third kappa shape index (κ3) is 1.56. The van der Waals surface area contributed by atoms with Gasteiger partial charge in [-0.25, -0.2) is 0 Å². The second-order valence-electron chi connectivity index (χ2n) is 7.18. The summed E-state index contributed by atoms with van der Waals surface area (Å²) in [7, 11) is 0. The number of aliphatic imine (C=N–C) groups is 1. The summed E-state index contributed by atoms with van der Waals surface area (Å²) in [6.07, 6.45) is 8.84. The van der Waals surface area contributed by atoms with Gasteiger partial charge in [0.05, 0.1) is 6.54 Å². The van der Waals surface area contributed by atoms with E-state index in [9.17, 15) is 0 Å². The van der Waals surface area contributed by atoms with E-state index in [0.29, 0.717) is 5.41 Å². The van der Waals surface area contributed by atoms with Crippen molar-refractivity contribution < 1.29 is 0 Å². The van der Waals surface area contributed by atoms with Crippen LogP contribution in [0.2, 0.25) is 0 Å². The molecule has 0 aromatic carbocycles. The van der Waals surface area contributed by atoms with Gasteiger partial charge in [0.1, 0.15) is 5.84 Å². The molecule has 0 spiro atoms. The lowest BCUT2D eigenvalue weighted by molar-refractivity contribution is -0.0173. The molecule has 0 atom stereocenters. The van der Waals surface area contributed by atoms with Gasteiger partial charge >= 0.3 is 0 Å². The van der Waals surface area contributed by atoms with E-state index in [1.807, 2.05) is 0 Å².